The number of rotatable bonds is 3. The van der Waals surface area contributed by atoms with Crippen molar-refractivity contribution in [2.24, 2.45) is 5.41 Å². The van der Waals surface area contributed by atoms with E-state index in [9.17, 15) is 9.59 Å². The summed E-state index contributed by atoms with van der Waals surface area (Å²) in [6.45, 7) is 4.71. The molecule has 0 bridgehead atoms. The van der Waals surface area contributed by atoms with Crippen LogP contribution in [0.4, 0.5) is 4.79 Å². The monoisotopic (exact) mass is 270 g/mol. The Labute approximate surface area is 113 Å². The second-order valence-electron chi connectivity index (χ2n) is 5.77. The van der Waals surface area contributed by atoms with E-state index in [0.29, 0.717) is 19.5 Å². The summed E-state index contributed by atoms with van der Waals surface area (Å²) in [4.78, 5) is 24.5. The molecule has 0 unspecified atom stereocenters. The van der Waals surface area contributed by atoms with Gasteiger partial charge in [-0.05, 0) is 31.1 Å². The van der Waals surface area contributed by atoms with Crippen molar-refractivity contribution in [3.63, 3.8) is 0 Å². The highest BCUT2D eigenvalue weighted by molar-refractivity contribution is 5.83. The molecule has 108 valence electrons. The average molecular weight is 270 g/mol. The van der Waals surface area contributed by atoms with Crippen LogP contribution in [0.1, 0.15) is 32.6 Å². The van der Waals surface area contributed by atoms with Crippen LogP contribution in [-0.4, -0.2) is 54.4 Å². The molecular weight excluding hydrogens is 248 g/mol. The summed E-state index contributed by atoms with van der Waals surface area (Å²) in [6.07, 6.45) is 3.16. The van der Waals surface area contributed by atoms with E-state index in [1.54, 1.807) is 0 Å². The quantitative estimate of drug-likeness (QED) is 0.803. The SMILES string of the molecule is CC1(CNC(=O)N2CCC[C@@H]2C(=O)O)CCOCC1. The minimum absolute atomic E-state index is 0.0619. The van der Waals surface area contributed by atoms with E-state index in [0.717, 1.165) is 32.5 Å². The van der Waals surface area contributed by atoms with Gasteiger partial charge in [-0.25, -0.2) is 9.59 Å². The lowest BCUT2D eigenvalue weighted by atomic mass is 9.82. The summed E-state index contributed by atoms with van der Waals surface area (Å²) in [7, 11) is 0. The Kier molecular flexibility index (Phi) is 4.29. The van der Waals surface area contributed by atoms with Crippen LogP contribution in [0.3, 0.4) is 0 Å². The highest BCUT2D eigenvalue weighted by atomic mass is 16.5. The molecule has 2 amide bonds. The molecule has 1 atom stereocenters. The van der Waals surface area contributed by atoms with E-state index in [2.05, 4.69) is 12.2 Å². The van der Waals surface area contributed by atoms with E-state index in [1.807, 2.05) is 0 Å². The number of carboxylic acid groups (broad SMARTS) is 1. The van der Waals surface area contributed by atoms with Gasteiger partial charge < -0.3 is 20.1 Å². The number of ether oxygens (including phenoxy) is 1. The fourth-order valence-corrected chi connectivity index (χ4v) is 2.70. The Morgan fingerprint density at radius 2 is 2.11 bits per heavy atom. The van der Waals surface area contributed by atoms with E-state index in [1.165, 1.54) is 4.90 Å². The standard InChI is InChI=1S/C13H22N2O4/c1-13(4-7-19-8-5-13)9-14-12(18)15-6-2-3-10(15)11(16)17/h10H,2-9H2,1H3,(H,14,18)(H,16,17)/t10-/m1/s1. The molecule has 0 aromatic carbocycles. The second kappa shape index (κ2) is 5.77. The van der Waals surface area contributed by atoms with Crippen LogP contribution in [0, 0.1) is 5.41 Å². The van der Waals surface area contributed by atoms with Gasteiger partial charge in [0.15, 0.2) is 0 Å². The van der Waals surface area contributed by atoms with Gasteiger partial charge in [-0.15, -0.1) is 0 Å². The van der Waals surface area contributed by atoms with Gasteiger partial charge in [-0.3, -0.25) is 0 Å². The first-order chi connectivity index (χ1) is 9.02. The molecule has 0 saturated carbocycles. The van der Waals surface area contributed by atoms with Gasteiger partial charge in [0.05, 0.1) is 0 Å². The molecule has 2 N–H and O–H groups in total. The van der Waals surface area contributed by atoms with Crippen molar-refractivity contribution in [2.45, 2.75) is 38.6 Å². The van der Waals surface area contributed by atoms with Gasteiger partial charge in [-0.1, -0.05) is 6.92 Å². The van der Waals surface area contributed by atoms with Crippen LogP contribution >= 0.6 is 0 Å². The number of nitrogens with one attached hydrogen (secondary N) is 1. The second-order valence-corrected chi connectivity index (χ2v) is 5.77. The third kappa shape index (κ3) is 3.37. The Hall–Kier alpha value is -1.30. The van der Waals surface area contributed by atoms with Crippen LogP contribution in [-0.2, 0) is 9.53 Å². The summed E-state index contributed by atoms with van der Waals surface area (Å²) in [5.74, 6) is -0.912. The molecule has 2 rings (SSSR count). The predicted molar refractivity (Wildman–Crippen MR) is 68.9 cm³/mol. The molecular formula is C13H22N2O4. The number of hydrogen-bond donors (Lipinski definition) is 2. The number of likely N-dealkylation sites (tertiary alicyclic amines) is 1. The van der Waals surface area contributed by atoms with E-state index in [-0.39, 0.29) is 11.4 Å². The molecule has 6 nitrogen and oxygen atoms in total. The number of carboxylic acids is 1. The number of amides is 2. The van der Waals surface area contributed by atoms with Crippen LogP contribution in [0.15, 0.2) is 0 Å². The maximum Gasteiger partial charge on any atom is 0.326 e. The maximum atomic E-state index is 12.1. The lowest BCUT2D eigenvalue weighted by Gasteiger charge is -2.34. The van der Waals surface area contributed by atoms with Crippen LogP contribution in [0.2, 0.25) is 0 Å². The Bertz CT molecular complexity index is 353. The zero-order chi connectivity index (χ0) is 13.9. The molecule has 0 aromatic rings. The van der Waals surface area contributed by atoms with Crippen molar-refractivity contribution >= 4 is 12.0 Å². The molecule has 2 aliphatic heterocycles. The molecule has 0 spiro atoms. The van der Waals surface area contributed by atoms with Crippen LogP contribution in [0.25, 0.3) is 0 Å². The van der Waals surface area contributed by atoms with Crippen molar-refractivity contribution in [2.75, 3.05) is 26.3 Å². The zero-order valence-electron chi connectivity index (χ0n) is 11.4. The summed E-state index contributed by atoms with van der Waals surface area (Å²) in [5, 5.41) is 11.9. The van der Waals surface area contributed by atoms with Crippen LogP contribution in [0.5, 0.6) is 0 Å². The van der Waals surface area contributed by atoms with Crippen molar-refractivity contribution < 1.29 is 19.4 Å². The van der Waals surface area contributed by atoms with Crippen LogP contribution < -0.4 is 5.32 Å². The molecule has 6 heteroatoms. The van der Waals surface area contributed by atoms with Crippen molar-refractivity contribution in [1.29, 1.82) is 0 Å². The third-order valence-corrected chi connectivity index (χ3v) is 4.17. The normalized spacial score (nSPS) is 26.2. The summed E-state index contributed by atoms with van der Waals surface area (Å²) in [5.41, 5.74) is 0.0619. The first kappa shape index (κ1) is 14.1. The van der Waals surface area contributed by atoms with Gasteiger partial charge >= 0.3 is 12.0 Å². The zero-order valence-corrected chi connectivity index (χ0v) is 11.4. The van der Waals surface area contributed by atoms with E-state index < -0.39 is 12.0 Å². The molecule has 0 aliphatic carbocycles. The average Bonchev–Trinajstić information content (AvgIpc) is 2.86. The lowest BCUT2D eigenvalue weighted by molar-refractivity contribution is -0.141. The smallest absolute Gasteiger partial charge is 0.326 e. The largest absolute Gasteiger partial charge is 0.480 e. The predicted octanol–water partition coefficient (Wildman–Crippen LogP) is 1.06. The van der Waals surface area contributed by atoms with E-state index in [4.69, 9.17) is 9.84 Å². The molecule has 0 aromatic heterocycles. The molecule has 2 fully saturated rings. The first-order valence-electron chi connectivity index (χ1n) is 6.87. The minimum Gasteiger partial charge on any atom is -0.480 e. The number of nitrogens with zero attached hydrogens (tertiary/aromatic N) is 1. The number of hydrogen-bond acceptors (Lipinski definition) is 3. The highest BCUT2D eigenvalue weighted by Crippen LogP contribution is 2.28. The molecule has 19 heavy (non-hydrogen) atoms. The Morgan fingerprint density at radius 1 is 1.42 bits per heavy atom. The number of carbonyl (C=O) groups excluding carboxylic acids is 1. The fraction of sp³-hybridized carbons (Fsp3) is 0.846. The molecule has 2 saturated heterocycles. The minimum atomic E-state index is -0.912. The Morgan fingerprint density at radius 3 is 2.74 bits per heavy atom. The summed E-state index contributed by atoms with van der Waals surface area (Å²) < 4.78 is 5.32. The first-order valence-corrected chi connectivity index (χ1v) is 6.87. The lowest BCUT2D eigenvalue weighted by Crippen LogP contribution is -2.49. The topological polar surface area (TPSA) is 78.9 Å². The summed E-state index contributed by atoms with van der Waals surface area (Å²) in [6, 6.07) is -0.917. The van der Waals surface area contributed by atoms with Crippen molar-refractivity contribution in [3.8, 4) is 0 Å². The van der Waals surface area contributed by atoms with E-state index >= 15 is 0 Å². The number of urea groups is 1. The van der Waals surface area contributed by atoms with Gasteiger partial charge in [0.2, 0.25) is 0 Å². The number of aliphatic carboxylic acids is 1. The molecule has 2 heterocycles. The summed E-state index contributed by atoms with van der Waals surface area (Å²) >= 11 is 0. The van der Waals surface area contributed by atoms with Crippen molar-refractivity contribution in [3.05, 3.63) is 0 Å². The third-order valence-electron chi connectivity index (χ3n) is 4.17. The number of carbonyl (C=O) groups is 2. The molecule has 2 aliphatic rings. The highest BCUT2D eigenvalue weighted by Gasteiger charge is 2.35. The van der Waals surface area contributed by atoms with Gasteiger partial charge in [0.1, 0.15) is 6.04 Å². The maximum absolute atomic E-state index is 12.1. The van der Waals surface area contributed by atoms with Crippen molar-refractivity contribution in [1.82, 2.24) is 10.2 Å². The Balaban J connectivity index is 1.85. The van der Waals surface area contributed by atoms with Gasteiger partial charge in [0.25, 0.3) is 0 Å². The van der Waals surface area contributed by atoms with Gasteiger partial charge in [-0.2, -0.15) is 0 Å². The molecule has 0 radical (unpaired) electrons. The van der Waals surface area contributed by atoms with Gasteiger partial charge in [0, 0.05) is 26.3 Å². The fourth-order valence-electron chi connectivity index (χ4n) is 2.70.